The van der Waals surface area contributed by atoms with Crippen LogP contribution >= 0.6 is 34.5 Å². The van der Waals surface area contributed by atoms with Crippen LogP contribution in [0.2, 0.25) is 9.49 Å². The third kappa shape index (κ3) is 2.27. The maximum atomic E-state index is 6.34. The topological polar surface area (TPSA) is 25.8 Å². The lowest BCUT2D eigenvalue weighted by Crippen LogP contribution is -1.90. The zero-order chi connectivity index (χ0) is 14.4. The van der Waals surface area contributed by atoms with E-state index < -0.39 is 0 Å². The molecular formula is C16H8Cl2N2S. The van der Waals surface area contributed by atoms with Crippen molar-refractivity contribution in [2.75, 3.05) is 0 Å². The van der Waals surface area contributed by atoms with Crippen molar-refractivity contribution in [3.05, 3.63) is 58.0 Å². The Hall–Kier alpha value is -1.68. The Balaban J connectivity index is 2.02. The van der Waals surface area contributed by atoms with E-state index in [2.05, 4.69) is 22.1 Å². The summed E-state index contributed by atoms with van der Waals surface area (Å²) < 4.78 is 0.711. The number of fused-ring (bicyclic) bond motifs is 2. The summed E-state index contributed by atoms with van der Waals surface area (Å²) in [7, 11) is 0. The lowest BCUT2D eigenvalue weighted by Gasteiger charge is -2.05. The van der Waals surface area contributed by atoms with E-state index in [1.54, 1.807) is 0 Å². The molecule has 0 bridgehead atoms. The highest BCUT2D eigenvalue weighted by atomic mass is 35.5. The standard InChI is InChI=1S/C16H8Cl2N2S/c17-14-6-5-13(21-14)16-19-12-8-10-4-2-1-3-9(10)7-11(12)15(18)20-16/h1-8H. The number of halogens is 2. The van der Waals surface area contributed by atoms with Gasteiger partial charge in [-0.05, 0) is 35.0 Å². The van der Waals surface area contributed by atoms with Crippen LogP contribution in [0.1, 0.15) is 0 Å². The molecular weight excluding hydrogens is 323 g/mol. The fourth-order valence-electron chi connectivity index (χ4n) is 2.32. The van der Waals surface area contributed by atoms with Crippen LogP contribution in [0.15, 0.2) is 48.5 Å². The number of aromatic nitrogens is 2. The molecule has 0 saturated carbocycles. The van der Waals surface area contributed by atoms with Gasteiger partial charge >= 0.3 is 0 Å². The fraction of sp³-hybridized carbons (Fsp3) is 0. The van der Waals surface area contributed by atoms with Crippen LogP contribution in [0.3, 0.4) is 0 Å². The maximum Gasteiger partial charge on any atom is 0.171 e. The van der Waals surface area contributed by atoms with Gasteiger partial charge in [-0.25, -0.2) is 9.97 Å². The van der Waals surface area contributed by atoms with Crippen LogP contribution in [0.5, 0.6) is 0 Å². The molecule has 0 fully saturated rings. The Morgan fingerprint density at radius 2 is 1.62 bits per heavy atom. The molecule has 0 aliphatic rings. The first-order chi connectivity index (χ1) is 10.2. The van der Waals surface area contributed by atoms with Crippen molar-refractivity contribution >= 4 is 56.2 Å². The molecule has 4 aromatic rings. The van der Waals surface area contributed by atoms with Crippen molar-refractivity contribution in [1.82, 2.24) is 9.97 Å². The molecule has 0 unspecified atom stereocenters. The molecule has 0 amide bonds. The third-order valence-electron chi connectivity index (χ3n) is 3.31. The SMILES string of the molecule is Clc1ccc(-c2nc(Cl)c3cc4ccccc4cc3n2)s1. The lowest BCUT2D eigenvalue weighted by atomic mass is 10.1. The van der Waals surface area contributed by atoms with E-state index >= 15 is 0 Å². The number of hydrogen-bond donors (Lipinski definition) is 0. The summed E-state index contributed by atoms with van der Waals surface area (Å²) in [6, 6.07) is 15.9. The van der Waals surface area contributed by atoms with Crippen LogP contribution < -0.4 is 0 Å². The van der Waals surface area contributed by atoms with Gasteiger partial charge in [0.2, 0.25) is 0 Å². The molecule has 5 heteroatoms. The van der Waals surface area contributed by atoms with Crippen molar-refractivity contribution < 1.29 is 0 Å². The molecule has 21 heavy (non-hydrogen) atoms. The molecule has 0 N–H and O–H groups in total. The molecule has 4 rings (SSSR count). The van der Waals surface area contributed by atoms with Crippen molar-refractivity contribution in [3.63, 3.8) is 0 Å². The molecule has 2 aromatic carbocycles. The minimum atomic E-state index is 0.463. The van der Waals surface area contributed by atoms with Gasteiger partial charge in [0, 0.05) is 5.39 Å². The van der Waals surface area contributed by atoms with E-state index in [4.69, 9.17) is 23.2 Å². The molecule has 102 valence electrons. The van der Waals surface area contributed by atoms with Crippen molar-refractivity contribution in [2.24, 2.45) is 0 Å². The van der Waals surface area contributed by atoms with Crippen LogP contribution in [0.25, 0.3) is 32.4 Å². The van der Waals surface area contributed by atoms with Crippen LogP contribution in [-0.4, -0.2) is 9.97 Å². The Kier molecular flexibility index (Phi) is 3.07. The monoisotopic (exact) mass is 330 g/mol. The largest absolute Gasteiger partial charge is 0.227 e. The highest BCUT2D eigenvalue weighted by Crippen LogP contribution is 2.32. The minimum absolute atomic E-state index is 0.463. The average molecular weight is 331 g/mol. The van der Waals surface area contributed by atoms with E-state index in [0.29, 0.717) is 15.3 Å². The summed E-state index contributed by atoms with van der Waals surface area (Å²) in [5, 5.41) is 3.59. The third-order valence-corrected chi connectivity index (χ3v) is 4.83. The molecule has 0 aliphatic carbocycles. The highest BCUT2D eigenvalue weighted by Gasteiger charge is 2.10. The predicted octanol–water partition coefficient (Wildman–Crippen LogP) is 5.82. The molecule has 0 spiro atoms. The van der Waals surface area contributed by atoms with Gasteiger partial charge in [0.25, 0.3) is 0 Å². The van der Waals surface area contributed by atoms with Crippen molar-refractivity contribution in [3.8, 4) is 10.7 Å². The molecule has 2 heterocycles. The second-order valence-corrected chi connectivity index (χ2v) is 6.73. The number of thiophene rings is 1. The Morgan fingerprint density at radius 3 is 2.33 bits per heavy atom. The van der Waals surface area contributed by atoms with Gasteiger partial charge in [0.05, 0.1) is 14.7 Å². The van der Waals surface area contributed by atoms with Gasteiger partial charge in [-0.3, -0.25) is 0 Å². The molecule has 0 radical (unpaired) electrons. The summed E-state index contributed by atoms with van der Waals surface area (Å²) in [4.78, 5) is 9.94. The Bertz CT molecular complexity index is 979. The first-order valence-corrected chi connectivity index (χ1v) is 7.90. The van der Waals surface area contributed by atoms with Gasteiger partial charge in [0.15, 0.2) is 5.82 Å². The minimum Gasteiger partial charge on any atom is -0.227 e. The van der Waals surface area contributed by atoms with E-state index in [1.165, 1.54) is 11.3 Å². The molecule has 0 atom stereocenters. The highest BCUT2D eigenvalue weighted by molar-refractivity contribution is 7.19. The second kappa shape index (κ2) is 4.95. The second-order valence-electron chi connectivity index (χ2n) is 4.66. The van der Waals surface area contributed by atoms with Gasteiger partial charge in [-0.15, -0.1) is 11.3 Å². The number of rotatable bonds is 1. The summed E-state index contributed by atoms with van der Waals surface area (Å²) in [5.74, 6) is 0.611. The van der Waals surface area contributed by atoms with E-state index in [1.807, 2.05) is 36.4 Å². The van der Waals surface area contributed by atoms with Gasteiger partial charge < -0.3 is 0 Å². The normalized spacial score (nSPS) is 11.3. The van der Waals surface area contributed by atoms with Crippen LogP contribution in [0.4, 0.5) is 0 Å². The van der Waals surface area contributed by atoms with E-state index in [9.17, 15) is 0 Å². The summed E-state index contributed by atoms with van der Waals surface area (Å²) in [5.41, 5.74) is 0.841. The summed E-state index contributed by atoms with van der Waals surface area (Å²) >= 11 is 13.8. The Morgan fingerprint density at radius 1 is 0.857 bits per heavy atom. The zero-order valence-electron chi connectivity index (χ0n) is 10.7. The smallest absolute Gasteiger partial charge is 0.171 e. The van der Waals surface area contributed by atoms with Gasteiger partial charge in [-0.1, -0.05) is 47.5 Å². The van der Waals surface area contributed by atoms with E-state index in [-0.39, 0.29) is 0 Å². The summed E-state index contributed by atoms with van der Waals surface area (Å²) in [6.45, 7) is 0. The van der Waals surface area contributed by atoms with Gasteiger partial charge in [-0.2, -0.15) is 0 Å². The predicted molar refractivity (Wildman–Crippen MR) is 90.4 cm³/mol. The Labute approximate surface area is 135 Å². The quantitative estimate of drug-likeness (QED) is 0.324. The molecule has 0 saturated heterocycles. The molecule has 2 aromatic heterocycles. The average Bonchev–Trinajstić information content (AvgIpc) is 2.92. The number of nitrogens with zero attached hydrogens (tertiary/aromatic N) is 2. The first-order valence-electron chi connectivity index (χ1n) is 6.32. The van der Waals surface area contributed by atoms with Crippen molar-refractivity contribution in [2.45, 2.75) is 0 Å². The lowest BCUT2D eigenvalue weighted by molar-refractivity contribution is 1.24. The summed E-state index contributed by atoms with van der Waals surface area (Å²) in [6.07, 6.45) is 0. The van der Waals surface area contributed by atoms with E-state index in [0.717, 1.165) is 26.6 Å². The van der Waals surface area contributed by atoms with Crippen LogP contribution in [0, 0.1) is 0 Å². The molecule has 2 nitrogen and oxygen atoms in total. The first kappa shape index (κ1) is 13.0. The molecule has 0 aliphatic heterocycles. The van der Waals surface area contributed by atoms with Crippen LogP contribution in [-0.2, 0) is 0 Å². The maximum absolute atomic E-state index is 6.34. The fourth-order valence-corrected chi connectivity index (χ4v) is 3.53. The number of benzene rings is 2. The zero-order valence-corrected chi connectivity index (χ0v) is 13.0. The van der Waals surface area contributed by atoms with Crippen molar-refractivity contribution in [1.29, 1.82) is 0 Å². The van der Waals surface area contributed by atoms with Gasteiger partial charge in [0.1, 0.15) is 5.15 Å². The number of hydrogen-bond acceptors (Lipinski definition) is 3.